The van der Waals surface area contributed by atoms with Crippen molar-refractivity contribution in [3.8, 4) is 11.5 Å². The monoisotopic (exact) mass is 421 g/mol. The lowest BCUT2D eigenvalue weighted by atomic mass is 10.1. The number of hydrogen-bond acceptors (Lipinski definition) is 5. The van der Waals surface area contributed by atoms with Gasteiger partial charge in [0.25, 0.3) is 0 Å². The van der Waals surface area contributed by atoms with E-state index in [0.717, 1.165) is 17.8 Å². The number of carbonyl (C=O) groups is 1. The molecule has 1 amide bonds. The van der Waals surface area contributed by atoms with Crippen molar-refractivity contribution in [2.45, 2.75) is 6.18 Å². The summed E-state index contributed by atoms with van der Waals surface area (Å²) < 4.78 is 48.5. The molecule has 1 fully saturated rings. The van der Waals surface area contributed by atoms with Gasteiger partial charge in [0, 0.05) is 44.0 Å². The summed E-state index contributed by atoms with van der Waals surface area (Å²) in [7, 11) is 3.11. The first-order chi connectivity index (χ1) is 14.3. The number of carbonyl (C=O) groups excluding carboxylic acids is 1. The van der Waals surface area contributed by atoms with E-state index in [1.165, 1.54) is 12.1 Å². The van der Waals surface area contributed by atoms with E-state index in [4.69, 9.17) is 9.47 Å². The molecule has 0 atom stereocenters. The second-order valence-electron chi connectivity index (χ2n) is 6.66. The number of pyridine rings is 1. The van der Waals surface area contributed by atoms with Crippen molar-refractivity contribution in [2.24, 2.45) is 0 Å². The molecule has 2 heterocycles. The molecular weight excluding hydrogens is 399 g/mol. The maximum Gasteiger partial charge on any atom is 0.417 e. The Kier molecular flexibility index (Phi) is 6.49. The summed E-state index contributed by atoms with van der Waals surface area (Å²) in [5.74, 6) is 1.59. The van der Waals surface area contributed by atoms with Gasteiger partial charge in [-0.15, -0.1) is 0 Å². The molecule has 1 saturated heterocycles. The normalized spacial score (nSPS) is 14.8. The Balaban J connectivity index is 1.60. The minimum atomic E-state index is -4.41. The van der Waals surface area contributed by atoms with Crippen LogP contribution in [0, 0.1) is 0 Å². The molecule has 0 radical (unpaired) electrons. The number of piperazine rings is 1. The van der Waals surface area contributed by atoms with Crippen molar-refractivity contribution in [1.82, 2.24) is 9.88 Å². The number of hydrogen-bond donors (Lipinski definition) is 0. The minimum absolute atomic E-state index is 0.153. The molecule has 0 N–H and O–H groups in total. The smallest absolute Gasteiger partial charge is 0.417 e. The quantitative estimate of drug-likeness (QED) is 0.692. The fourth-order valence-electron chi connectivity index (χ4n) is 3.13. The highest BCUT2D eigenvalue weighted by atomic mass is 19.4. The van der Waals surface area contributed by atoms with Crippen LogP contribution in [0.4, 0.5) is 19.0 Å². The van der Waals surface area contributed by atoms with E-state index in [1.807, 2.05) is 4.90 Å². The summed E-state index contributed by atoms with van der Waals surface area (Å²) in [5, 5.41) is 0. The van der Waals surface area contributed by atoms with Crippen molar-refractivity contribution in [1.29, 1.82) is 0 Å². The molecule has 6 nitrogen and oxygen atoms in total. The highest BCUT2D eigenvalue weighted by molar-refractivity contribution is 5.92. The number of nitrogens with zero attached hydrogens (tertiary/aromatic N) is 3. The van der Waals surface area contributed by atoms with Gasteiger partial charge in [0.2, 0.25) is 5.91 Å². The first-order valence-electron chi connectivity index (χ1n) is 9.29. The number of aromatic nitrogens is 1. The molecule has 0 aliphatic carbocycles. The van der Waals surface area contributed by atoms with Crippen LogP contribution in [0.5, 0.6) is 11.5 Å². The molecule has 1 aromatic carbocycles. The van der Waals surface area contributed by atoms with E-state index < -0.39 is 11.7 Å². The van der Waals surface area contributed by atoms with Crippen LogP contribution in [0.25, 0.3) is 6.08 Å². The number of ether oxygens (including phenoxy) is 2. The van der Waals surface area contributed by atoms with Gasteiger partial charge >= 0.3 is 6.18 Å². The van der Waals surface area contributed by atoms with Crippen molar-refractivity contribution < 1.29 is 27.4 Å². The third-order valence-electron chi connectivity index (χ3n) is 4.83. The number of rotatable bonds is 5. The summed E-state index contributed by atoms with van der Waals surface area (Å²) in [5.41, 5.74) is -0.0593. The molecule has 9 heteroatoms. The zero-order valence-electron chi connectivity index (χ0n) is 16.6. The Morgan fingerprint density at radius 2 is 1.80 bits per heavy atom. The van der Waals surface area contributed by atoms with Crippen LogP contribution in [0.3, 0.4) is 0 Å². The number of benzene rings is 1. The van der Waals surface area contributed by atoms with Crippen LogP contribution in [-0.4, -0.2) is 56.2 Å². The van der Waals surface area contributed by atoms with Crippen molar-refractivity contribution >= 4 is 17.8 Å². The van der Waals surface area contributed by atoms with Crippen molar-refractivity contribution in [3.05, 3.63) is 53.7 Å². The lowest BCUT2D eigenvalue weighted by Crippen LogP contribution is -2.48. The Hall–Kier alpha value is -3.23. The molecule has 1 aromatic heterocycles. The predicted molar refractivity (Wildman–Crippen MR) is 107 cm³/mol. The van der Waals surface area contributed by atoms with Crippen molar-refractivity contribution in [3.63, 3.8) is 0 Å². The van der Waals surface area contributed by atoms with E-state index in [9.17, 15) is 18.0 Å². The molecule has 1 aliphatic rings. The van der Waals surface area contributed by atoms with Gasteiger partial charge in [-0.25, -0.2) is 4.98 Å². The summed E-state index contributed by atoms with van der Waals surface area (Å²) in [4.78, 5) is 20.0. The van der Waals surface area contributed by atoms with Gasteiger partial charge in [-0.3, -0.25) is 4.79 Å². The van der Waals surface area contributed by atoms with Crippen LogP contribution < -0.4 is 14.4 Å². The minimum Gasteiger partial charge on any atom is -0.497 e. The fraction of sp³-hybridized carbons (Fsp3) is 0.333. The predicted octanol–water partition coefficient (Wildman–Crippen LogP) is 3.48. The van der Waals surface area contributed by atoms with Gasteiger partial charge in [-0.2, -0.15) is 13.2 Å². The van der Waals surface area contributed by atoms with Gasteiger partial charge in [0.15, 0.2) is 0 Å². The number of anilines is 1. The molecule has 0 bridgehead atoms. The van der Waals surface area contributed by atoms with Gasteiger partial charge < -0.3 is 19.3 Å². The van der Waals surface area contributed by atoms with Crippen LogP contribution in [-0.2, 0) is 11.0 Å². The Morgan fingerprint density at radius 3 is 2.37 bits per heavy atom. The second kappa shape index (κ2) is 9.06. The molecular formula is C21H22F3N3O3. The molecule has 0 unspecified atom stereocenters. The first kappa shape index (κ1) is 21.5. The Bertz CT molecular complexity index is 906. The fourth-order valence-corrected chi connectivity index (χ4v) is 3.13. The number of alkyl halides is 3. The summed E-state index contributed by atoms with van der Waals surface area (Å²) in [6, 6.07) is 7.68. The molecule has 0 spiro atoms. The Labute approximate surface area is 172 Å². The standard InChI is InChI=1S/C21H22F3N3O3/c1-29-17-5-6-18(30-2)15(13-17)3-8-20(28)27-11-9-26(10-12-27)19-7-4-16(14-25-19)21(22,23)24/h3-8,13-14H,9-12H2,1-2H3/b8-3+. The summed E-state index contributed by atoms with van der Waals surface area (Å²) >= 11 is 0. The van der Waals surface area contributed by atoms with Crippen LogP contribution in [0.1, 0.15) is 11.1 Å². The summed E-state index contributed by atoms with van der Waals surface area (Å²) in [6.45, 7) is 1.86. The highest BCUT2D eigenvalue weighted by Gasteiger charge is 2.31. The average Bonchev–Trinajstić information content (AvgIpc) is 2.76. The lowest BCUT2D eigenvalue weighted by molar-refractivity contribution is -0.137. The van der Waals surface area contributed by atoms with Crippen LogP contribution in [0.15, 0.2) is 42.6 Å². The summed E-state index contributed by atoms with van der Waals surface area (Å²) in [6.07, 6.45) is -0.428. The van der Waals surface area contributed by atoms with E-state index in [1.54, 1.807) is 43.4 Å². The molecule has 30 heavy (non-hydrogen) atoms. The largest absolute Gasteiger partial charge is 0.497 e. The topological polar surface area (TPSA) is 54.9 Å². The molecule has 0 saturated carbocycles. The van der Waals surface area contributed by atoms with E-state index in [-0.39, 0.29) is 5.91 Å². The molecule has 1 aliphatic heterocycles. The van der Waals surface area contributed by atoms with Gasteiger partial charge in [-0.1, -0.05) is 0 Å². The van der Waals surface area contributed by atoms with Crippen LogP contribution >= 0.6 is 0 Å². The van der Waals surface area contributed by atoms with E-state index in [0.29, 0.717) is 43.5 Å². The van der Waals surface area contributed by atoms with Crippen molar-refractivity contribution in [2.75, 3.05) is 45.3 Å². The zero-order chi connectivity index (χ0) is 21.7. The van der Waals surface area contributed by atoms with Crippen LogP contribution in [0.2, 0.25) is 0 Å². The SMILES string of the molecule is COc1ccc(OC)c(/C=C/C(=O)N2CCN(c3ccc(C(F)(F)F)cn3)CC2)c1. The number of amides is 1. The van der Waals surface area contributed by atoms with E-state index >= 15 is 0 Å². The first-order valence-corrected chi connectivity index (χ1v) is 9.29. The van der Waals surface area contributed by atoms with Gasteiger partial charge in [0.05, 0.1) is 19.8 Å². The average molecular weight is 421 g/mol. The zero-order valence-corrected chi connectivity index (χ0v) is 16.6. The lowest BCUT2D eigenvalue weighted by Gasteiger charge is -2.35. The molecule has 160 valence electrons. The number of halogens is 3. The third kappa shape index (κ3) is 5.03. The molecule has 2 aromatic rings. The highest BCUT2D eigenvalue weighted by Crippen LogP contribution is 2.29. The van der Waals surface area contributed by atoms with E-state index in [2.05, 4.69) is 4.98 Å². The number of methoxy groups -OCH3 is 2. The molecule has 3 rings (SSSR count). The van der Waals surface area contributed by atoms with Gasteiger partial charge in [-0.05, 0) is 36.4 Å². The third-order valence-corrected chi connectivity index (χ3v) is 4.83. The second-order valence-corrected chi connectivity index (χ2v) is 6.66. The maximum atomic E-state index is 12.7. The Morgan fingerprint density at radius 1 is 1.07 bits per heavy atom. The van der Waals surface area contributed by atoms with Gasteiger partial charge in [0.1, 0.15) is 17.3 Å². The maximum absolute atomic E-state index is 12.7.